The average molecular weight is 382 g/mol. The number of thiophene rings is 1. The maximum absolute atomic E-state index is 12.2. The number of nitrogens with zero attached hydrogens (tertiary/aromatic N) is 1. The number of nitrogens with one attached hydrogen (secondary N) is 1. The fourth-order valence-corrected chi connectivity index (χ4v) is 3.47. The van der Waals surface area contributed by atoms with Crippen LogP contribution >= 0.6 is 11.3 Å². The second-order valence-corrected chi connectivity index (χ2v) is 6.96. The van der Waals surface area contributed by atoms with Gasteiger partial charge < -0.3 is 14.8 Å². The van der Waals surface area contributed by atoms with Crippen molar-refractivity contribution in [2.45, 2.75) is 19.4 Å². The van der Waals surface area contributed by atoms with Gasteiger partial charge in [0.1, 0.15) is 11.5 Å². The van der Waals surface area contributed by atoms with E-state index < -0.39 is 0 Å². The molecule has 6 heteroatoms. The average Bonchev–Trinajstić information content (AvgIpc) is 3.25. The van der Waals surface area contributed by atoms with E-state index in [1.807, 2.05) is 35.8 Å². The summed E-state index contributed by atoms with van der Waals surface area (Å²) in [6.45, 7) is 0.463. The van der Waals surface area contributed by atoms with Crippen LogP contribution in [0.4, 0.5) is 0 Å². The molecule has 3 aromatic rings. The molecular formula is C21H22N2O3S. The van der Waals surface area contributed by atoms with Crippen LogP contribution < -0.4 is 14.8 Å². The number of benzene rings is 1. The maximum Gasteiger partial charge on any atom is 0.220 e. The molecule has 0 saturated carbocycles. The fraction of sp³-hybridized carbons (Fsp3) is 0.238. The second kappa shape index (κ2) is 9.19. The lowest BCUT2D eigenvalue weighted by Gasteiger charge is -2.11. The molecule has 140 valence electrons. The Kier molecular flexibility index (Phi) is 6.44. The predicted molar refractivity (Wildman–Crippen MR) is 107 cm³/mol. The van der Waals surface area contributed by atoms with Crippen molar-refractivity contribution in [1.29, 1.82) is 0 Å². The molecule has 1 N–H and O–H groups in total. The van der Waals surface area contributed by atoms with Crippen molar-refractivity contribution >= 4 is 17.2 Å². The Hall–Kier alpha value is -2.86. The van der Waals surface area contributed by atoms with Gasteiger partial charge in [-0.1, -0.05) is 12.1 Å². The molecule has 2 aromatic heterocycles. The van der Waals surface area contributed by atoms with Gasteiger partial charge in [-0.25, -0.2) is 0 Å². The van der Waals surface area contributed by atoms with E-state index in [0.717, 1.165) is 28.2 Å². The predicted octanol–water partition coefficient (Wildman–Crippen LogP) is 4.08. The van der Waals surface area contributed by atoms with Crippen molar-refractivity contribution in [3.63, 3.8) is 0 Å². The summed E-state index contributed by atoms with van der Waals surface area (Å²) in [7, 11) is 3.23. The highest BCUT2D eigenvalue weighted by Gasteiger charge is 2.09. The van der Waals surface area contributed by atoms with Gasteiger partial charge in [0.2, 0.25) is 5.91 Å². The van der Waals surface area contributed by atoms with E-state index in [4.69, 9.17) is 9.47 Å². The Morgan fingerprint density at radius 1 is 1.15 bits per heavy atom. The minimum Gasteiger partial charge on any atom is -0.497 e. The van der Waals surface area contributed by atoms with E-state index in [-0.39, 0.29) is 5.91 Å². The van der Waals surface area contributed by atoms with Gasteiger partial charge in [-0.05, 0) is 41.1 Å². The van der Waals surface area contributed by atoms with Crippen LogP contribution in [0.3, 0.4) is 0 Å². The number of hydrogen-bond donors (Lipinski definition) is 1. The zero-order valence-electron chi connectivity index (χ0n) is 15.4. The highest BCUT2D eigenvalue weighted by molar-refractivity contribution is 7.13. The van der Waals surface area contributed by atoms with E-state index >= 15 is 0 Å². The van der Waals surface area contributed by atoms with Gasteiger partial charge in [-0.15, -0.1) is 11.3 Å². The molecule has 1 aromatic carbocycles. The van der Waals surface area contributed by atoms with E-state index in [2.05, 4.69) is 22.4 Å². The Bertz CT molecular complexity index is 894. The van der Waals surface area contributed by atoms with Crippen LogP contribution in [0.25, 0.3) is 10.4 Å². The molecule has 0 aliphatic carbocycles. The molecule has 27 heavy (non-hydrogen) atoms. The van der Waals surface area contributed by atoms with E-state index in [0.29, 0.717) is 19.4 Å². The van der Waals surface area contributed by atoms with Gasteiger partial charge in [-0.2, -0.15) is 0 Å². The van der Waals surface area contributed by atoms with Crippen LogP contribution in [0.1, 0.15) is 17.5 Å². The number of hydrogen-bond acceptors (Lipinski definition) is 5. The normalized spacial score (nSPS) is 10.4. The molecule has 0 fully saturated rings. The number of aryl methyl sites for hydroxylation is 1. The summed E-state index contributed by atoms with van der Waals surface area (Å²) >= 11 is 1.67. The molecule has 0 aliphatic rings. The summed E-state index contributed by atoms with van der Waals surface area (Å²) in [6, 6.07) is 11.8. The number of aromatic nitrogens is 1. The molecular weight excluding hydrogens is 360 g/mol. The molecule has 0 spiro atoms. The first-order chi connectivity index (χ1) is 13.2. The quantitative estimate of drug-likeness (QED) is 0.638. The summed E-state index contributed by atoms with van der Waals surface area (Å²) in [5.41, 5.74) is 3.03. The van der Waals surface area contributed by atoms with Crippen molar-refractivity contribution in [2.24, 2.45) is 0 Å². The minimum atomic E-state index is -0.00519. The summed E-state index contributed by atoms with van der Waals surface area (Å²) < 4.78 is 10.6. The Morgan fingerprint density at radius 2 is 2.04 bits per heavy atom. The third kappa shape index (κ3) is 5.08. The number of pyridine rings is 1. The molecule has 1 amide bonds. The molecule has 3 rings (SSSR count). The van der Waals surface area contributed by atoms with Crippen LogP contribution in [-0.4, -0.2) is 25.1 Å². The fourth-order valence-electron chi connectivity index (χ4n) is 2.76. The van der Waals surface area contributed by atoms with Gasteiger partial charge >= 0.3 is 0 Å². The Labute approximate surface area is 163 Å². The van der Waals surface area contributed by atoms with E-state index in [9.17, 15) is 4.79 Å². The van der Waals surface area contributed by atoms with Crippen molar-refractivity contribution in [1.82, 2.24) is 10.3 Å². The number of amides is 1. The van der Waals surface area contributed by atoms with Crippen LogP contribution in [0.15, 0.2) is 54.2 Å². The smallest absolute Gasteiger partial charge is 0.220 e. The molecule has 2 heterocycles. The van der Waals surface area contributed by atoms with Gasteiger partial charge in [0.25, 0.3) is 0 Å². The molecule has 5 nitrogen and oxygen atoms in total. The van der Waals surface area contributed by atoms with Crippen LogP contribution in [0.2, 0.25) is 0 Å². The lowest BCUT2D eigenvalue weighted by molar-refractivity contribution is -0.121. The molecule has 0 atom stereocenters. The summed E-state index contributed by atoms with van der Waals surface area (Å²) in [6.07, 6.45) is 4.62. The van der Waals surface area contributed by atoms with Crippen molar-refractivity contribution < 1.29 is 14.3 Å². The zero-order valence-corrected chi connectivity index (χ0v) is 16.2. The topological polar surface area (TPSA) is 60.5 Å². The standard InChI is InChI=1S/C21H22N2O3S/c1-25-18-7-5-16(19(11-18)26-2)6-8-21(24)23-13-15-10-17(14-22-12-15)20-4-3-9-27-20/h3-5,7,9-12,14H,6,8,13H2,1-2H3,(H,23,24). The van der Waals surface area contributed by atoms with Gasteiger partial charge in [0.15, 0.2) is 0 Å². The molecule has 0 bridgehead atoms. The largest absolute Gasteiger partial charge is 0.497 e. The minimum absolute atomic E-state index is 0.00519. The SMILES string of the molecule is COc1ccc(CCC(=O)NCc2cncc(-c3cccs3)c2)c(OC)c1. The Morgan fingerprint density at radius 3 is 2.78 bits per heavy atom. The number of ether oxygens (including phenoxy) is 2. The highest BCUT2D eigenvalue weighted by Crippen LogP contribution is 2.26. The Balaban J connectivity index is 1.54. The number of rotatable bonds is 8. The van der Waals surface area contributed by atoms with Crippen molar-refractivity contribution in [3.8, 4) is 21.9 Å². The second-order valence-electron chi connectivity index (χ2n) is 6.01. The first-order valence-electron chi connectivity index (χ1n) is 8.65. The summed E-state index contributed by atoms with van der Waals surface area (Å²) in [5.74, 6) is 1.46. The van der Waals surface area contributed by atoms with Crippen LogP contribution in [-0.2, 0) is 17.8 Å². The number of methoxy groups -OCH3 is 2. The third-order valence-corrected chi connectivity index (χ3v) is 5.12. The zero-order chi connectivity index (χ0) is 19.1. The van der Waals surface area contributed by atoms with Crippen molar-refractivity contribution in [3.05, 3.63) is 65.3 Å². The third-order valence-electron chi connectivity index (χ3n) is 4.21. The van der Waals surface area contributed by atoms with Gasteiger partial charge in [-0.3, -0.25) is 9.78 Å². The van der Waals surface area contributed by atoms with Crippen molar-refractivity contribution in [2.75, 3.05) is 14.2 Å². The van der Waals surface area contributed by atoms with Gasteiger partial charge in [0, 0.05) is 41.9 Å². The first-order valence-corrected chi connectivity index (χ1v) is 9.53. The van der Waals surface area contributed by atoms with E-state index in [1.54, 1.807) is 31.8 Å². The van der Waals surface area contributed by atoms with Crippen LogP contribution in [0.5, 0.6) is 11.5 Å². The first kappa shape index (κ1) is 18.9. The molecule has 0 aliphatic heterocycles. The van der Waals surface area contributed by atoms with Gasteiger partial charge in [0.05, 0.1) is 14.2 Å². The van der Waals surface area contributed by atoms with E-state index in [1.165, 1.54) is 4.88 Å². The summed E-state index contributed by atoms with van der Waals surface area (Å²) in [5, 5.41) is 5.00. The highest BCUT2D eigenvalue weighted by atomic mass is 32.1. The number of carbonyl (C=O) groups is 1. The maximum atomic E-state index is 12.2. The monoisotopic (exact) mass is 382 g/mol. The molecule has 0 unspecified atom stereocenters. The molecule has 0 saturated heterocycles. The molecule has 0 radical (unpaired) electrons. The summed E-state index contributed by atoms with van der Waals surface area (Å²) in [4.78, 5) is 17.7. The lowest BCUT2D eigenvalue weighted by atomic mass is 10.1. The lowest BCUT2D eigenvalue weighted by Crippen LogP contribution is -2.23. The number of carbonyl (C=O) groups excluding carboxylic acids is 1. The van der Waals surface area contributed by atoms with Crippen LogP contribution in [0, 0.1) is 0 Å².